The van der Waals surface area contributed by atoms with Gasteiger partial charge in [0.2, 0.25) is 0 Å². The van der Waals surface area contributed by atoms with Crippen LogP contribution in [0.15, 0.2) is 12.0 Å². The van der Waals surface area contributed by atoms with Gasteiger partial charge in [0.05, 0.1) is 0 Å². The Kier molecular flexibility index (Phi) is 3.77. The lowest BCUT2D eigenvalue weighted by Crippen LogP contribution is -2.47. The van der Waals surface area contributed by atoms with Gasteiger partial charge in [-0.05, 0) is 5.41 Å². The van der Waals surface area contributed by atoms with Crippen LogP contribution in [0.4, 0.5) is 4.79 Å². The zero-order valence-electron chi connectivity index (χ0n) is 11.1. The van der Waals surface area contributed by atoms with Gasteiger partial charge in [-0.15, -0.1) is 0 Å². The average Bonchev–Trinajstić information content (AvgIpc) is 2.78. The van der Waals surface area contributed by atoms with Gasteiger partial charge in [-0.25, -0.2) is 4.79 Å². The maximum Gasteiger partial charge on any atom is 0.415 e. The van der Waals surface area contributed by atoms with Crippen LogP contribution in [0.1, 0.15) is 20.8 Å². The van der Waals surface area contributed by atoms with Gasteiger partial charge in [0.1, 0.15) is 0 Å². The molecule has 6 nitrogen and oxygen atoms in total. The maximum atomic E-state index is 12.0. The molecule has 2 aliphatic rings. The highest BCUT2D eigenvalue weighted by Crippen LogP contribution is 2.32. The summed E-state index contributed by atoms with van der Waals surface area (Å²) in [6.07, 6.45) is 0.659. The molecule has 0 spiro atoms. The molecule has 102 valence electrons. The molecule has 2 rings (SSSR count). The smallest absolute Gasteiger partial charge is 0.408 e. The summed E-state index contributed by atoms with van der Waals surface area (Å²) in [5.41, 5.74) is -0.188. The van der Waals surface area contributed by atoms with Crippen molar-refractivity contribution in [3.05, 3.63) is 12.0 Å². The molecule has 1 unspecified atom stereocenters. The third-order valence-electron chi connectivity index (χ3n) is 2.94. The molecule has 6 heteroatoms. The van der Waals surface area contributed by atoms with Crippen LogP contribution in [0.2, 0.25) is 0 Å². The van der Waals surface area contributed by atoms with Crippen LogP contribution in [0.3, 0.4) is 0 Å². The molecule has 1 amide bonds. The van der Waals surface area contributed by atoms with E-state index in [0.29, 0.717) is 18.8 Å². The average molecular weight is 256 g/mol. The van der Waals surface area contributed by atoms with Crippen LogP contribution in [-0.4, -0.2) is 43.3 Å². The van der Waals surface area contributed by atoms with Crippen molar-refractivity contribution in [2.75, 3.05) is 26.2 Å². The summed E-state index contributed by atoms with van der Waals surface area (Å²) in [5, 5.41) is 3.18. The van der Waals surface area contributed by atoms with E-state index in [1.54, 1.807) is 4.90 Å². The van der Waals surface area contributed by atoms with E-state index in [4.69, 9.17) is 14.5 Å². The zero-order chi connectivity index (χ0) is 13.2. The second kappa shape index (κ2) is 5.16. The molecule has 0 aromatic heterocycles. The number of carbonyl (C=O) groups is 1. The number of hydrogen-bond donors (Lipinski definition) is 1. The number of ether oxygens (including phenoxy) is 1. The second-order valence-corrected chi connectivity index (χ2v) is 5.56. The molecule has 2 aliphatic heterocycles. The van der Waals surface area contributed by atoms with E-state index < -0.39 is 0 Å². The zero-order valence-corrected chi connectivity index (χ0v) is 11.1. The Morgan fingerprint density at radius 3 is 2.72 bits per heavy atom. The van der Waals surface area contributed by atoms with Gasteiger partial charge in [-0.2, -0.15) is 4.89 Å². The summed E-state index contributed by atoms with van der Waals surface area (Å²) in [5.74, 6) is 0.436. The molecule has 0 radical (unpaired) electrons. The molecule has 1 fully saturated rings. The van der Waals surface area contributed by atoms with Gasteiger partial charge in [-0.1, -0.05) is 20.8 Å². The minimum atomic E-state index is -0.357. The van der Waals surface area contributed by atoms with Crippen LogP contribution < -0.4 is 5.32 Å². The molecular weight excluding hydrogens is 236 g/mol. The Balaban J connectivity index is 1.94. The standard InChI is InChI=1S/C12H20N2O4/c1-12(2,3)10-9(8-16-18-10)17-11(15)14-6-4-13-5-7-14/h8,10,13H,4-7H2,1-3H3. The van der Waals surface area contributed by atoms with Gasteiger partial charge < -0.3 is 19.8 Å². The molecule has 2 heterocycles. The lowest BCUT2D eigenvalue weighted by atomic mass is 9.88. The van der Waals surface area contributed by atoms with Crippen molar-refractivity contribution in [3.63, 3.8) is 0 Å². The van der Waals surface area contributed by atoms with Gasteiger partial charge in [0.25, 0.3) is 0 Å². The Labute approximate surface area is 107 Å². The van der Waals surface area contributed by atoms with Gasteiger partial charge in [0.15, 0.2) is 18.1 Å². The number of amides is 1. The van der Waals surface area contributed by atoms with E-state index in [9.17, 15) is 4.79 Å². The van der Waals surface area contributed by atoms with Crippen LogP contribution in [-0.2, 0) is 14.5 Å². The Morgan fingerprint density at radius 1 is 1.44 bits per heavy atom. The normalized spacial score (nSPS) is 24.5. The predicted octanol–water partition coefficient (Wildman–Crippen LogP) is 1.25. The molecule has 1 saturated heterocycles. The summed E-state index contributed by atoms with van der Waals surface area (Å²) in [6.45, 7) is 8.91. The van der Waals surface area contributed by atoms with E-state index >= 15 is 0 Å². The maximum absolute atomic E-state index is 12.0. The van der Waals surface area contributed by atoms with Crippen molar-refractivity contribution in [2.24, 2.45) is 5.41 Å². The van der Waals surface area contributed by atoms with E-state index in [-0.39, 0.29) is 17.6 Å². The van der Waals surface area contributed by atoms with Crippen molar-refractivity contribution in [1.29, 1.82) is 0 Å². The third-order valence-corrected chi connectivity index (χ3v) is 2.94. The van der Waals surface area contributed by atoms with Crippen LogP contribution in [0.5, 0.6) is 0 Å². The van der Waals surface area contributed by atoms with Gasteiger partial charge >= 0.3 is 6.09 Å². The Bertz CT molecular complexity index is 342. The molecule has 18 heavy (non-hydrogen) atoms. The monoisotopic (exact) mass is 256 g/mol. The fourth-order valence-corrected chi connectivity index (χ4v) is 1.90. The fraction of sp³-hybridized carbons (Fsp3) is 0.750. The quantitative estimate of drug-likeness (QED) is 0.715. The first-order chi connectivity index (χ1) is 8.48. The molecular formula is C12H20N2O4. The van der Waals surface area contributed by atoms with Crippen molar-refractivity contribution in [2.45, 2.75) is 26.9 Å². The highest BCUT2D eigenvalue weighted by molar-refractivity contribution is 5.69. The first-order valence-corrected chi connectivity index (χ1v) is 6.18. The summed E-state index contributed by atoms with van der Waals surface area (Å²) < 4.78 is 5.36. The highest BCUT2D eigenvalue weighted by Gasteiger charge is 2.38. The largest absolute Gasteiger partial charge is 0.415 e. The van der Waals surface area contributed by atoms with Gasteiger partial charge in [0, 0.05) is 26.2 Å². The first-order valence-electron chi connectivity index (χ1n) is 6.18. The first kappa shape index (κ1) is 13.2. The number of rotatable bonds is 1. The number of nitrogens with zero attached hydrogens (tertiary/aromatic N) is 1. The van der Waals surface area contributed by atoms with Crippen molar-refractivity contribution >= 4 is 6.09 Å². The van der Waals surface area contributed by atoms with E-state index in [1.807, 2.05) is 20.8 Å². The molecule has 0 aromatic rings. The SMILES string of the molecule is CC(C)(C)C1OOC=C1OC(=O)N1CCNCC1. The lowest BCUT2D eigenvalue weighted by Gasteiger charge is -2.29. The predicted molar refractivity (Wildman–Crippen MR) is 64.4 cm³/mol. The molecule has 0 aromatic carbocycles. The summed E-state index contributed by atoms with van der Waals surface area (Å²) in [6, 6.07) is 0. The fourth-order valence-electron chi connectivity index (χ4n) is 1.90. The third kappa shape index (κ3) is 2.94. The molecule has 0 bridgehead atoms. The van der Waals surface area contributed by atoms with Crippen molar-refractivity contribution < 1.29 is 19.3 Å². The molecule has 1 N–H and O–H groups in total. The Morgan fingerprint density at radius 2 is 2.11 bits per heavy atom. The van der Waals surface area contributed by atoms with Crippen LogP contribution in [0.25, 0.3) is 0 Å². The van der Waals surface area contributed by atoms with Crippen molar-refractivity contribution in [3.8, 4) is 0 Å². The highest BCUT2D eigenvalue weighted by atomic mass is 17.2. The molecule has 0 aliphatic carbocycles. The van der Waals surface area contributed by atoms with Gasteiger partial charge in [-0.3, -0.25) is 0 Å². The second-order valence-electron chi connectivity index (χ2n) is 5.56. The minimum absolute atomic E-state index is 0.188. The number of carbonyl (C=O) groups excluding carboxylic acids is 1. The van der Waals surface area contributed by atoms with Crippen LogP contribution in [0, 0.1) is 5.41 Å². The topological polar surface area (TPSA) is 60.0 Å². The minimum Gasteiger partial charge on any atom is -0.408 e. The van der Waals surface area contributed by atoms with E-state index in [0.717, 1.165) is 13.1 Å². The summed E-state index contributed by atoms with van der Waals surface area (Å²) in [7, 11) is 0. The number of nitrogens with one attached hydrogen (secondary N) is 1. The molecule has 0 saturated carbocycles. The summed E-state index contributed by atoms with van der Waals surface area (Å²) in [4.78, 5) is 23.6. The van der Waals surface area contributed by atoms with E-state index in [1.165, 1.54) is 6.26 Å². The summed E-state index contributed by atoms with van der Waals surface area (Å²) >= 11 is 0. The van der Waals surface area contributed by atoms with Crippen molar-refractivity contribution in [1.82, 2.24) is 10.2 Å². The molecule has 1 atom stereocenters. The Hall–Kier alpha value is -1.27. The number of hydrogen-bond acceptors (Lipinski definition) is 5. The number of piperazine rings is 1. The van der Waals surface area contributed by atoms with Crippen LogP contribution >= 0.6 is 0 Å². The lowest BCUT2D eigenvalue weighted by molar-refractivity contribution is -0.273. The van der Waals surface area contributed by atoms with E-state index in [2.05, 4.69) is 5.32 Å².